The zero-order chi connectivity index (χ0) is 16.4. The SMILES string of the molecule is C#Cc1c(O)ccc2cc(-c3cc(OC)cc(OC)c3)ccc12. The standard InChI is InChI=1S/C20H16O3/c1-4-18-19-7-5-13(9-14(19)6-8-20(18)21)15-10-16(22-2)12-17(11-15)23-3/h1,5-12,21H,2-3H3. The summed E-state index contributed by atoms with van der Waals surface area (Å²) in [6, 6.07) is 15.1. The molecular formula is C20H16O3. The number of hydrogen-bond acceptors (Lipinski definition) is 3. The van der Waals surface area contributed by atoms with Crippen LogP contribution in [-0.4, -0.2) is 19.3 Å². The third kappa shape index (κ3) is 2.67. The third-order valence-corrected chi connectivity index (χ3v) is 3.83. The highest BCUT2D eigenvalue weighted by atomic mass is 16.5. The van der Waals surface area contributed by atoms with Gasteiger partial charge >= 0.3 is 0 Å². The topological polar surface area (TPSA) is 38.7 Å². The van der Waals surface area contributed by atoms with E-state index in [1.54, 1.807) is 20.3 Å². The predicted octanol–water partition coefficient (Wildman–Crippen LogP) is 4.21. The third-order valence-electron chi connectivity index (χ3n) is 3.83. The number of phenolic OH excluding ortho intramolecular Hbond substituents is 1. The molecule has 0 fully saturated rings. The van der Waals surface area contributed by atoms with E-state index in [1.165, 1.54) is 0 Å². The van der Waals surface area contributed by atoms with Crippen molar-refractivity contribution >= 4 is 10.8 Å². The van der Waals surface area contributed by atoms with Crippen molar-refractivity contribution in [2.24, 2.45) is 0 Å². The van der Waals surface area contributed by atoms with Crippen LogP contribution in [0.15, 0.2) is 48.5 Å². The van der Waals surface area contributed by atoms with Gasteiger partial charge in [0, 0.05) is 11.5 Å². The van der Waals surface area contributed by atoms with Crippen LogP contribution in [0.1, 0.15) is 5.56 Å². The van der Waals surface area contributed by atoms with Crippen LogP contribution in [0.2, 0.25) is 0 Å². The molecule has 0 aliphatic heterocycles. The maximum Gasteiger partial charge on any atom is 0.131 e. The molecule has 3 aromatic carbocycles. The van der Waals surface area contributed by atoms with Gasteiger partial charge < -0.3 is 14.6 Å². The Labute approximate surface area is 135 Å². The number of benzene rings is 3. The summed E-state index contributed by atoms with van der Waals surface area (Å²) in [6.07, 6.45) is 5.50. The summed E-state index contributed by atoms with van der Waals surface area (Å²) in [4.78, 5) is 0. The Bertz CT molecular complexity index is 898. The van der Waals surface area contributed by atoms with Gasteiger partial charge in [0.15, 0.2) is 0 Å². The monoisotopic (exact) mass is 304 g/mol. The van der Waals surface area contributed by atoms with Crippen molar-refractivity contribution in [1.29, 1.82) is 0 Å². The molecule has 1 N–H and O–H groups in total. The Balaban J connectivity index is 2.18. The van der Waals surface area contributed by atoms with Crippen molar-refractivity contribution in [3.05, 3.63) is 54.1 Å². The molecule has 3 nitrogen and oxygen atoms in total. The Kier molecular flexibility index (Phi) is 3.82. The molecule has 3 aromatic rings. The summed E-state index contributed by atoms with van der Waals surface area (Å²) in [6.45, 7) is 0. The molecule has 0 saturated heterocycles. The minimum atomic E-state index is 0.121. The number of phenols is 1. The van der Waals surface area contributed by atoms with Crippen LogP contribution in [0.4, 0.5) is 0 Å². The maximum absolute atomic E-state index is 9.86. The van der Waals surface area contributed by atoms with Gasteiger partial charge in [-0.15, -0.1) is 6.42 Å². The van der Waals surface area contributed by atoms with Gasteiger partial charge in [-0.05, 0) is 40.8 Å². The number of rotatable bonds is 3. The number of terminal acetylenes is 1. The Morgan fingerprint density at radius 3 is 2.17 bits per heavy atom. The molecule has 0 aliphatic carbocycles. The molecule has 114 valence electrons. The van der Waals surface area contributed by atoms with E-state index in [0.29, 0.717) is 5.56 Å². The molecule has 0 atom stereocenters. The van der Waals surface area contributed by atoms with Crippen molar-refractivity contribution in [2.75, 3.05) is 14.2 Å². The van der Waals surface area contributed by atoms with Crippen LogP contribution in [0.5, 0.6) is 17.2 Å². The van der Waals surface area contributed by atoms with E-state index in [4.69, 9.17) is 15.9 Å². The average molecular weight is 304 g/mol. The molecule has 3 rings (SSSR count). The van der Waals surface area contributed by atoms with Crippen molar-refractivity contribution < 1.29 is 14.6 Å². The van der Waals surface area contributed by atoms with Crippen LogP contribution in [0.25, 0.3) is 21.9 Å². The summed E-state index contributed by atoms with van der Waals surface area (Å²) in [7, 11) is 3.25. The van der Waals surface area contributed by atoms with Gasteiger partial charge in [0.1, 0.15) is 17.2 Å². The van der Waals surface area contributed by atoms with Gasteiger partial charge in [-0.1, -0.05) is 24.1 Å². The summed E-state index contributed by atoms with van der Waals surface area (Å²) < 4.78 is 10.6. The zero-order valence-corrected chi connectivity index (χ0v) is 13.0. The molecule has 0 unspecified atom stereocenters. The van der Waals surface area contributed by atoms with Crippen LogP contribution in [0, 0.1) is 12.3 Å². The smallest absolute Gasteiger partial charge is 0.131 e. The van der Waals surface area contributed by atoms with Crippen molar-refractivity contribution in [3.63, 3.8) is 0 Å². The number of methoxy groups -OCH3 is 2. The lowest BCUT2D eigenvalue weighted by Crippen LogP contribution is -1.89. The second-order valence-electron chi connectivity index (χ2n) is 5.14. The molecule has 0 saturated carbocycles. The van der Waals surface area contributed by atoms with E-state index in [1.807, 2.05) is 42.5 Å². The maximum atomic E-state index is 9.86. The summed E-state index contributed by atoms with van der Waals surface area (Å²) >= 11 is 0. The normalized spacial score (nSPS) is 10.3. The second-order valence-corrected chi connectivity index (χ2v) is 5.14. The van der Waals surface area contributed by atoms with Gasteiger partial charge in [-0.2, -0.15) is 0 Å². The molecule has 0 radical (unpaired) electrons. The summed E-state index contributed by atoms with van der Waals surface area (Å²) in [5, 5.41) is 11.7. The van der Waals surface area contributed by atoms with Crippen LogP contribution in [0.3, 0.4) is 0 Å². The quantitative estimate of drug-likeness (QED) is 0.737. The van der Waals surface area contributed by atoms with Crippen LogP contribution in [-0.2, 0) is 0 Å². The Morgan fingerprint density at radius 1 is 0.870 bits per heavy atom. The first-order chi connectivity index (χ1) is 11.2. The number of hydrogen-bond donors (Lipinski definition) is 1. The van der Waals surface area contributed by atoms with Gasteiger partial charge in [0.25, 0.3) is 0 Å². The fourth-order valence-corrected chi connectivity index (χ4v) is 2.62. The number of fused-ring (bicyclic) bond motifs is 1. The summed E-state index contributed by atoms with van der Waals surface area (Å²) in [5.41, 5.74) is 2.51. The lowest BCUT2D eigenvalue weighted by atomic mass is 9.98. The highest BCUT2D eigenvalue weighted by Gasteiger charge is 2.08. The number of aromatic hydroxyl groups is 1. The lowest BCUT2D eigenvalue weighted by Gasteiger charge is -2.10. The zero-order valence-electron chi connectivity index (χ0n) is 13.0. The molecule has 0 amide bonds. The molecule has 0 aromatic heterocycles. The molecule has 3 heteroatoms. The summed E-state index contributed by atoms with van der Waals surface area (Å²) in [5.74, 6) is 4.13. The first-order valence-electron chi connectivity index (χ1n) is 7.12. The average Bonchev–Trinajstić information content (AvgIpc) is 2.60. The minimum Gasteiger partial charge on any atom is -0.507 e. The van der Waals surface area contributed by atoms with Crippen molar-refractivity contribution in [2.45, 2.75) is 0 Å². The Hall–Kier alpha value is -3.12. The lowest BCUT2D eigenvalue weighted by molar-refractivity contribution is 0.394. The fourth-order valence-electron chi connectivity index (χ4n) is 2.62. The molecule has 23 heavy (non-hydrogen) atoms. The van der Waals surface area contributed by atoms with Crippen LogP contribution >= 0.6 is 0 Å². The van der Waals surface area contributed by atoms with Crippen molar-refractivity contribution in [1.82, 2.24) is 0 Å². The molecule has 0 aliphatic rings. The van der Waals surface area contributed by atoms with E-state index in [-0.39, 0.29) is 5.75 Å². The van der Waals surface area contributed by atoms with E-state index >= 15 is 0 Å². The molecule has 0 spiro atoms. The van der Waals surface area contributed by atoms with Crippen LogP contribution < -0.4 is 9.47 Å². The Morgan fingerprint density at radius 2 is 1.57 bits per heavy atom. The second kappa shape index (κ2) is 5.94. The molecule has 0 heterocycles. The van der Waals surface area contributed by atoms with Crippen molar-refractivity contribution in [3.8, 4) is 40.7 Å². The number of ether oxygens (including phenoxy) is 2. The van der Waals surface area contributed by atoms with E-state index < -0.39 is 0 Å². The largest absolute Gasteiger partial charge is 0.507 e. The minimum absolute atomic E-state index is 0.121. The fraction of sp³-hybridized carbons (Fsp3) is 0.100. The molecule has 0 bridgehead atoms. The molecular weight excluding hydrogens is 288 g/mol. The van der Waals surface area contributed by atoms with E-state index in [9.17, 15) is 5.11 Å². The van der Waals surface area contributed by atoms with E-state index in [2.05, 4.69) is 5.92 Å². The first kappa shape index (κ1) is 14.8. The van der Waals surface area contributed by atoms with Gasteiger partial charge in [-0.3, -0.25) is 0 Å². The van der Waals surface area contributed by atoms with Gasteiger partial charge in [0.05, 0.1) is 19.8 Å². The predicted molar refractivity (Wildman–Crippen MR) is 92.1 cm³/mol. The van der Waals surface area contributed by atoms with E-state index in [0.717, 1.165) is 33.4 Å². The highest BCUT2D eigenvalue weighted by molar-refractivity contribution is 5.93. The van der Waals surface area contributed by atoms with Gasteiger partial charge in [-0.25, -0.2) is 0 Å². The highest BCUT2D eigenvalue weighted by Crippen LogP contribution is 2.33. The first-order valence-corrected chi connectivity index (χ1v) is 7.12. The van der Waals surface area contributed by atoms with Gasteiger partial charge in [0.2, 0.25) is 0 Å².